The van der Waals surface area contributed by atoms with Gasteiger partial charge in [-0.25, -0.2) is 0 Å². The Labute approximate surface area is 81.7 Å². The van der Waals surface area contributed by atoms with Gasteiger partial charge in [-0.2, -0.15) is 0 Å². The Balaban J connectivity index is 2.30. The minimum atomic E-state index is -0.155. The molecule has 0 amide bonds. The molecule has 2 unspecified atom stereocenters. The van der Waals surface area contributed by atoms with E-state index in [1.54, 1.807) is 0 Å². The summed E-state index contributed by atoms with van der Waals surface area (Å²) in [6.45, 7) is 8.56. The summed E-state index contributed by atoms with van der Waals surface area (Å²) in [7, 11) is 0. The maximum Gasteiger partial charge on any atom is 0.0591 e. The number of aliphatic hydroxyl groups is 1. The number of nitrogens with one attached hydrogen (secondary N) is 1. The van der Waals surface area contributed by atoms with Crippen LogP contribution in [0.2, 0.25) is 0 Å². The summed E-state index contributed by atoms with van der Waals surface area (Å²) in [6.07, 6.45) is 3.34. The van der Waals surface area contributed by atoms with Crippen LogP contribution in [0.15, 0.2) is 0 Å². The summed E-state index contributed by atoms with van der Waals surface area (Å²) in [4.78, 5) is 0. The van der Waals surface area contributed by atoms with Gasteiger partial charge in [-0.3, -0.25) is 0 Å². The van der Waals surface area contributed by atoms with Crippen LogP contribution in [-0.2, 0) is 0 Å². The molecule has 0 bridgehead atoms. The molecule has 2 atom stereocenters. The van der Waals surface area contributed by atoms with Gasteiger partial charge in [-0.15, -0.1) is 0 Å². The first-order chi connectivity index (χ1) is 6.00. The highest BCUT2D eigenvalue weighted by Gasteiger charge is 2.25. The molecule has 78 valence electrons. The zero-order valence-electron chi connectivity index (χ0n) is 9.14. The maximum absolute atomic E-state index is 9.91. The van der Waals surface area contributed by atoms with Crippen molar-refractivity contribution in [3.63, 3.8) is 0 Å². The van der Waals surface area contributed by atoms with Gasteiger partial charge in [0.2, 0.25) is 0 Å². The molecular weight excluding hydrogens is 162 g/mol. The minimum absolute atomic E-state index is 0.0391. The number of piperidine rings is 1. The van der Waals surface area contributed by atoms with Crippen LogP contribution < -0.4 is 5.32 Å². The second-order valence-corrected chi connectivity index (χ2v) is 5.33. The Hall–Kier alpha value is -0.0800. The average molecular weight is 185 g/mol. The predicted molar refractivity (Wildman–Crippen MR) is 55.7 cm³/mol. The summed E-state index contributed by atoms with van der Waals surface area (Å²) in [5, 5.41) is 13.3. The van der Waals surface area contributed by atoms with Crippen LogP contribution in [0.5, 0.6) is 0 Å². The highest BCUT2D eigenvalue weighted by atomic mass is 16.3. The zero-order chi connectivity index (χ0) is 9.90. The van der Waals surface area contributed by atoms with Gasteiger partial charge in [0.25, 0.3) is 0 Å². The van der Waals surface area contributed by atoms with Crippen molar-refractivity contribution >= 4 is 0 Å². The van der Waals surface area contributed by atoms with Crippen LogP contribution in [-0.4, -0.2) is 24.3 Å². The molecule has 0 aliphatic carbocycles. The molecule has 1 saturated heterocycles. The van der Waals surface area contributed by atoms with Crippen molar-refractivity contribution in [2.45, 2.75) is 46.1 Å². The van der Waals surface area contributed by atoms with Crippen LogP contribution in [0, 0.1) is 11.3 Å². The molecule has 13 heavy (non-hydrogen) atoms. The quantitative estimate of drug-likeness (QED) is 0.687. The molecule has 0 aromatic rings. The standard InChI is InChI=1S/C11H23NO/c1-11(2,3)10(13)7-9-5-4-6-12-8-9/h9-10,12-13H,4-8H2,1-3H3. The van der Waals surface area contributed by atoms with Crippen molar-refractivity contribution in [2.75, 3.05) is 13.1 Å². The van der Waals surface area contributed by atoms with E-state index in [2.05, 4.69) is 26.1 Å². The van der Waals surface area contributed by atoms with E-state index in [4.69, 9.17) is 0 Å². The normalized spacial score (nSPS) is 27.2. The molecule has 2 nitrogen and oxygen atoms in total. The molecule has 0 saturated carbocycles. The SMILES string of the molecule is CC(C)(C)C(O)CC1CCCNC1. The van der Waals surface area contributed by atoms with Crippen molar-refractivity contribution in [3.8, 4) is 0 Å². The fourth-order valence-corrected chi connectivity index (χ4v) is 1.79. The molecule has 0 aromatic carbocycles. The van der Waals surface area contributed by atoms with E-state index in [0.717, 1.165) is 19.5 Å². The largest absolute Gasteiger partial charge is 0.393 e. The Morgan fingerprint density at radius 3 is 2.62 bits per heavy atom. The molecule has 0 radical (unpaired) electrons. The highest BCUT2D eigenvalue weighted by molar-refractivity contribution is 4.78. The van der Waals surface area contributed by atoms with Crippen LogP contribution in [0.1, 0.15) is 40.0 Å². The van der Waals surface area contributed by atoms with E-state index in [9.17, 15) is 5.11 Å². The van der Waals surface area contributed by atoms with Gasteiger partial charge in [0.05, 0.1) is 6.10 Å². The van der Waals surface area contributed by atoms with Crippen molar-refractivity contribution in [2.24, 2.45) is 11.3 Å². The number of rotatable bonds is 2. The summed E-state index contributed by atoms with van der Waals surface area (Å²) < 4.78 is 0. The first-order valence-electron chi connectivity index (χ1n) is 5.39. The van der Waals surface area contributed by atoms with E-state index in [1.165, 1.54) is 12.8 Å². The first kappa shape index (κ1) is 11.0. The fourth-order valence-electron chi connectivity index (χ4n) is 1.79. The lowest BCUT2D eigenvalue weighted by molar-refractivity contribution is 0.0376. The molecule has 0 spiro atoms. The zero-order valence-corrected chi connectivity index (χ0v) is 9.14. The number of aliphatic hydroxyl groups excluding tert-OH is 1. The predicted octanol–water partition coefficient (Wildman–Crippen LogP) is 1.78. The number of hydrogen-bond acceptors (Lipinski definition) is 2. The van der Waals surface area contributed by atoms with Crippen molar-refractivity contribution < 1.29 is 5.11 Å². The molecule has 1 fully saturated rings. The molecule has 1 heterocycles. The summed E-state index contributed by atoms with van der Waals surface area (Å²) in [5.41, 5.74) is 0.0391. The van der Waals surface area contributed by atoms with Crippen LogP contribution in [0.25, 0.3) is 0 Å². The second kappa shape index (κ2) is 4.43. The topological polar surface area (TPSA) is 32.3 Å². The van der Waals surface area contributed by atoms with Crippen molar-refractivity contribution in [1.82, 2.24) is 5.32 Å². The minimum Gasteiger partial charge on any atom is -0.393 e. The van der Waals surface area contributed by atoms with Gasteiger partial charge in [0.1, 0.15) is 0 Å². The van der Waals surface area contributed by atoms with E-state index in [1.807, 2.05) is 0 Å². The lowest BCUT2D eigenvalue weighted by Crippen LogP contribution is -2.35. The fraction of sp³-hybridized carbons (Fsp3) is 1.00. The summed E-state index contributed by atoms with van der Waals surface area (Å²) in [5.74, 6) is 0.683. The average Bonchev–Trinajstić information content (AvgIpc) is 2.04. The molecule has 2 N–H and O–H groups in total. The van der Waals surface area contributed by atoms with E-state index in [-0.39, 0.29) is 11.5 Å². The third kappa shape index (κ3) is 3.65. The summed E-state index contributed by atoms with van der Waals surface area (Å²) >= 11 is 0. The van der Waals surface area contributed by atoms with Gasteiger partial charge >= 0.3 is 0 Å². The van der Waals surface area contributed by atoms with Gasteiger partial charge < -0.3 is 10.4 Å². The highest BCUT2D eigenvalue weighted by Crippen LogP contribution is 2.26. The molecule has 0 aromatic heterocycles. The third-order valence-corrected chi connectivity index (χ3v) is 2.96. The van der Waals surface area contributed by atoms with Gasteiger partial charge in [-0.05, 0) is 43.7 Å². The van der Waals surface area contributed by atoms with Crippen molar-refractivity contribution in [3.05, 3.63) is 0 Å². The Morgan fingerprint density at radius 2 is 2.15 bits per heavy atom. The smallest absolute Gasteiger partial charge is 0.0591 e. The Morgan fingerprint density at radius 1 is 1.46 bits per heavy atom. The third-order valence-electron chi connectivity index (χ3n) is 2.96. The molecular formula is C11H23NO. The van der Waals surface area contributed by atoms with E-state index >= 15 is 0 Å². The lowest BCUT2D eigenvalue weighted by atomic mass is 9.82. The maximum atomic E-state index is 9.91. The first-order valence-corrected chi connectivity index (χ1v) is 5.39. The van der Waals surface area contributed by atoms with Gasteiger partial charge in [0.15, 0.2) is 0 Å². The van der Waals surface area contributed by atoms with Gasteiger partial charge in [0, 0.05) is 0 Å². The van der Waals surface area contributed by atoms with Crippen LogP contribution >= 0.6 is 0 Å². The number of hydrogen-bond donors (Lipinski definition) is 2. The van der Waals surface area contributed by atoms with Crippen LogP contribution in [0.3, 0.4) is 0 Å². The molecule has 2 heteroatoms. The Bertz CT molecular complexity index is 145. The van der Waals surface area contributed by atoms with E-state index in [0.29, 0.717) is 5.92 Å². The second-order valence-electron chi connectivity index (χ2n) is 5.33. The molecule has 1 aliphatic rings. The van der Waals surface area contributed by atoms with E-state index < -0.39 is 0 Å². The monoisotopic (exact) mass is 185 g/mol. The summed E-state index contributed by atoms with van der Waals surface area (Å²) in [6, 6.07) is 0. The lowest BCUT2D eigenvalue weighted by Gasteiger charge is -2.31. The molecule has 1 aliphatic heterocycles. The molecule has 1 rings (SSSR count). The van der Waals surface area contributed by atoms with Crippen molar-refractivity contribution in [1.29, 1.82) is 0 Å². The Kier molecular flexibility index (Phi) is 3.74. The van der Waals surface area contributed by atoms with Gasteiger partial charge in [-0.1, -0.05) is 20.8 Å². The van der Waals surface area contributed by atoms with Crippen LogP contribution in [0.4, 0.5) is 0 Å².